The van der Waals surface area contributed by atoms with E-state index in [1.54, 1.807) is 7.05 Å². The van der Waals surface area contributed by atoms with Crippen molar-refractivity contribution in [3.63, 3.8) is 0 Å². The Morgan fingerprint density at radius 3 is 2.55 bits per heavy atom. The topological polar surface area (TPSA) is 59.1 Å². The molecule has 5 nitrogen and oxygen atoms in total. The number of benzene rings is 1. The Labute approximate surface area is 115 Å². The smallest absolute Gasteiger partial charge is 0.204 e. The third kappa shape index (κ3) is 2.93. The number of nitrogens with one attached hydrogen (secondary N) is 2. The highest BCUT2D eigenvalue weighted by Crippen LogP contribution is 2.28. The fourth-order valence-electron chi connectivity index (χ4n) is 1.71. The van der Waals surface area contributed by atoms with E-state index in [4.69, 9.17) is 4.74 Å². The Hall–Kier alpha value is -2.44. The van der Waals surface area contributed by atoms with Gasteiger partial charge in [-0.3, -0.25) is 0 Å². The number of hydrogen-bond acceptors (Lipinski definition) is 5. The Bertz CT molecular complexity index is 607. The maximum Gasteiger partial charge on any atom is 0.204 e. The normalized spacial score (nSPS) is 10.2. The van der Waals surface area contributed by atoms with Gasteiger partial charge in [-0.1, -0.05) is 6.07 Å². The molecule has 2 N–H and O–H groups in total. The fraction of sp³-hybridized carbons (Fsp3) is 0.231. The molecule has 0 saturated heterocycles. The van der Waals surface area contributed by atoms with Crippen molar-refractivity contribution in [2.75, 3.05) is 24.8 Å². The summed E-state index contributed by atoms with van der Waals surface area (Å²) in [5.41, 5.74) is 0.593. The first-order valence-corrected chi connectivity index (χ1v) is 5.90. The monoisotopic (exact) mass is 280 g/mol. The van der Waals surface area contributed by atoms with Gasteiger partial charge in [0.2, 0.25) is 5.75 Å². The summed E-state index contributed by atoms with van der Waals surface area (Å²) in [6.07, 6.45) is 1.38. The highest BCUT2D eigenvalue weighted by atomic mass is 19.2. The maximum absolute atomic E-state index is 13.1. The highest BCUT2D eigenvalue weighted by Gasteiger charge is 2.11. The lowest BCUT2D eigenvalue weighted by Gasteiger charge is -2.12. The van der Waals surface area contributed by atoms with E-state index in [9.17, 15) is 8.78 Å². The first-order chi connectivity index (χ1) is 9.65. The van der Waals surface area contributed by atoms with Crippen LogP contribution in [0, 0.1) is 11.6 Å². The van der Waals surface area contributed by atoms with Gasteiger partial charge >= 0.3 is 0 Å². The average molecular weight is 280 g/mol. The number of aromatic nitrogens is 2. The van der Waals surface area contributed by atoms with Crippen molar-refractivity contribution in [1.82, 2.24) is 9.97 Å². The molecule has 2 rings (SSSR count). The zero-order valence-corrected chi connectivity index (χ0v) is 11.1. The van der Waals surface area contributed by atoms with Crippen LogP contribution in [0.5, 0.6) is 5.75 Å². The molecule has 1 aromatic carbocycles. The molecule has 1 aromatic heterocycles. The molecule has 106 valence electrons. The molecule has 20 heavy (non-hydrogen) atoms. The van der Waals surface area contributed by atoms with Gasteiger partial charge in [0.25, 0.3) is 0 Å². The first kappa shape index (κ1) is 14.0. The Morgan fingerprint density at radius 1 is 1.15 bits per heavy atom. The van der Waals surface area contributed by atoms with E-state index in [1.807, 2.05) is 0 Å². The summed E-state index contributed by atoms with van der Waals surface area (Å²) >= 11 is 0. The van der Waals surface area contributed by atoms with E-state index >= 15 is 0 Å². The van der Waals surface area contributed by atoms with Gasteiger partial charge in [0.05, 0.1) is 7.11 Å². The molecule has 0 fully saturated rings. The van der Waals surface area contributed by atoms with Gasteiger partial charge in [-0.05, 0) is 17.7 Å². The molecule has 0 amide bonds. The maximum atomic E-state index is 13.1. The van der Waals surface area contributed by atoms with E-state index in [-0.39, 0.29) is 6.54 Å². The molecule has 0 unspecified atom stereocenters. The summed E-state index contributed by atoms with van der Waals surface area (Å²) < 4.78 is 31.2. The molecule has 2 aromatic rings. The van der Waals surface area contributed by atoms with Crippen LogP contribution in [-0.2, 0) is 6.54 Å². The standard InChI is InChI=1S/C13H14F2N4O/c1-16-12-11(20-2)13(19-7-18-12)17-6-8-3-4-9(14)10(15)5-8/h3-5,7H,6H2,1-2H3,(H2,16,17,18,19). The van der Waals surface area contributed by atoms with Crippen LogP contribution in [0.3, 0.4) is 0 Å². The lowest BCUT2D eigenvalue weighted by molar-refractivity contribution is 0.415. The number of hydrogen-bond donors (Lipinski definition) is 2. The number of methoxy groups -OCH3 is 1. The zero-order chi connectivity index (χ0) is 14.5. The summed E-state index contributed by atoms with van der Waals surface area (Å²) in [5, 5.41) is 5.87. The summed E-state index contributed by atoms with van der Waals surface area (Å²) in [6.45, 7) is 0.285. The molecule has 0 aliphatic rings. The fourth-order valence-corrected chi connectivity index (χ4v) is 1.71. The van der Waals surface area contributed by atoms with Crippen LogP contribution in [0.25, 0.3) is 0 Å². The quantitative estimate of drug-likeness (QED) is 0.880. The minimum Gasteiger partial charge on any atom is -0.490 e. The lowest BCUT2D eigenvalue weighted by atomic mass is 10.2. The molecule has 1 heterocycles. The van der Waals surface area contributed by atoms with Gasteiger partial charge in [0.15, 0.2) is 23.3 Å². The van der Waals surface area contributed by atoms with E-state index in [0.29, 0.717) is 22.9 Å². The van der Waals surface area contributed by atoms with Crippen LogP contribution in [0.1, 0.15) is 5.56 Å². The van der Waals surface area contributed by atoms with Crippen molar-refractivity contribution in [3.8, 4) is 5.75 Å². The second-order valence-electron chi connectivity index (χ2n) is 3.96. The summed E-state index contributed by atoms with van der Waals surface area (Å²) in [7, 11) is 3.21. The molecule has 0 radical (unpaired) electrons. The molecule has 0 aliphatic heterocycles. The minimum atomic E-state index is -0.880. The summed E-state index contributed by atoms with van der Waals surface area (Å²) in [6, 6.07) is 3.72. The van der Waals surface area contributed by atoms with E-state index in [2.05, 4.69) is 20.6 Å². The highest BCUT2D eigenvalue weighted by molar-refractivity contribution is 5.63. The van der Waals surface area contributed by atoms with E-state index in [0.717, 1.165) is 12.1 Å². The Kier molecular flexibility index (Phi) is 4.29. The lowest BCUT2D eigenvalue weighted by Crippen LogP contribution is -2.07. The minimum absolute atomic E-state index is 0.285. The van der Waals surface area contributed by atoms with Gasteiger partial charge in [-0.25, -0.2) is 18.7 Å². The number of halogens is 2. The van der Waals surface area contributed by atoms with Crippen molar-refractivity contribution in [1.29, 1.82) is 0 Å². The van der Waals surface area contributed by atoms with Crippen LogP contribution in [-0.4, -0.2) is 24.1 Å². The van der Waals surface area contributed by atoms with Crippen molar-refractivity contribution in [3.05, 3.63) is 41.7 Å². The van der Waals surface area contributed by atoms with Crippen LogP contribution >= 0.6 is 0 Å². The van der Waals surface area contributed by atoms with Gasteiger partial charge in [0, 0.05) is 13.6 Å². The van der Waals surface area contributed by atoms with Crippen LogP contribution in [0.15, 0.2) is 24.5 Å². The van der Waals surface area contributed by atoms with Crippen molar-refractivity contribution >= 4 is 11.6 Å². The molecule has 0 bridgehead atoms. The third-order valence-corrected chi connectivity index (χ3v) is 2.69. The predicted octanol–water partition coefficient (Wildman–Crippen LogP) is 2.42. The Morgan fingerprint density at radius 2 is 1.90 bits per heavy atom. The van der Waals surface area contributed by atoms with E-state index in [1.165, 1.54) is 19.5 Å². The third-order valence-electron chi connectivity index (χ3n) is 2.69. The van der Waals surface area contributed by atoms with Crippen molar-refractivity contribution in [2.45, 2.75) is 6.54 Å². The van der Waals surface area contributed by atoms with Crippen LogP contribution in [0.4, 0.5) is 20.4 Å². The van der Waals surface area contributed by atoms with Crippen molar-refractivity contribution < 1.29 is 13.5 Å². The summed E-state index contributed by atoms with van der Waals surface area (Å²) in [4.78, 5) is 8.07. The molecular weight excluding hydrogens is 266 g/mol. The van der Waals surface area contributed by atoms with Gasteiger partial charge in [-0.15, -0.1) is 0 Å². The second kappa shape index (κ2) is 6.14. The second-order valence-corrected chi connectivity index (χ2v) is 3.96. The van der Waals surface area contributed by atoms with Crippen LogP contribution in [0.2, 0.25) is 0 Å². The van der Waals surface area contributed by atoms with Crippen LogP contribution < -0.4 is 15.4 Å². The number of ether oxygens (including phenoxy) is 1. The molecule has 0 aliphatic carbocycles. The molecule has 0 saturated carbocycles. The van der Waals surface area contributed by atoms with Crippen molar-refractivity contribution in [2.24, 2.45) is 0 Å². The molecular formula is C13H14F2N4O. The number of nitrogens with zero attached hydrogens (tertiary/aromatic N) is 2. The van der Waals surface area contributed by atoms with E-state index < -0.39 is 11.6 Å². The molecule has 0 spiro atoms. The zero-order valence-electron chi connectivity index (χ0n) is 11.1. The predicted molar refractivity (Wildman–Crippen MR) is 71.8 cm³/mol. The summed E-state index contributed by atoms with van der Waals surface area (Å²) in [5.74, 6) is -0.287. The molecule has 0 atom stereocenters. The number of anilines is 2. The SMILES string of the molecule is CNc1ncnc(NCc2ccc(F)c(F)c2)c1OC. The first-order valence-electron chi connectivity index (χ1n) is 5.90. The average Bonchev–Trinajstić information content (AvgIpc) is 2.47. The Balaban J connectivity index is 2.16. The number of rotatable bonds is 5. The van der Waals surface area contributed by atoms with Gasteiger partial charge in [-0.2, -0.15) is 0 Å². The van der Waals surface area contributed by atoms with Gasteiger partial charge < -0.3 is 15.4 Å². The van der Waals surface area contributed by atoms with Gasteiger partial charge in [0.1, 0.15) is 6.33 Å². The largest absolute Gasteiger partial charge is 0.490 e. The molecule has 7 heteroatoms.